The Morgan fingerprint density at radius 3 is 2.76 bits per heavy atom. The highest BCUT2D eigenvalue weighted by Gasteiger charge is 2.31. The Morgan fingerprint density at radius 2 is 1.88 bits per heavy atom. The van der Waals surface area contributed by atoms with Crippen molar-refractivity contribution in [1.82, 2.24) is 15.3 Å². The smallest absolute Gasteiger partial charge is 0.244 e. The van der Waals surface area contributed by atoms with Crippen LogP contribution in [0.1, 0.15) is 22.9 Å². The highest BCUT2D eigenvalue weighted by molar-refractivity contribution is 5.92. The SMILES string of the molecule is O=C(/C=C/c1cnc2ccccc2n1)N[C@@H]1c2ccccc2C[C@@H]1O. The summed E-state index contributed by atoms with van der Waals surface area (Å²) in [6, 6.07) is 15.0. The number of aromatic nitrogens is 2. The molecule has 0 spiro atoms. The first-order chi connectivity index (χ1) is 12.2. The minimum atomic E-state index is -0.602. The number of hydrogen-bond acceptors (Lipinski definition) is 4. The number of aliphatic hydroxyl groups is 1. The molecule has 124 valence electrons. The van der Waals surface area contributed by atoms with E-state index in [0.29, 0.717) is 12.1 Å². The molecule has 3 aromatic rings. The number of benzene rings is 2. The third-order valence-corrected chi connectivity index (χ3v) is 4.37. The van der Waals surface area contributed by atoms with Gasteiger partial charge in [0, 0.05) is 12.5 Å². The molecule has 1 amide bonds. The number of nitrogens with one attached hydrogen (secondary N) is 1. The lowest BCUT2D eigenvalue weighted by molar-refractivity contribution is -0.117. The van der Waals surface area contributed by atoms with Crippen LogP contribution in [0.5, 0.6) is 0 Å². The number of fused-ring (bicyclic) bond motifs is 2. The van der Waals surface area contributed by atoms with Crippen LogP contribution in [0.25, 0.3) is 17.1 Å². The predicted molar refractivity (Wildman–Crippen MR) is 95.6 cm³/mol. The molecule has 0 bridgehead atoms. The zero-order chi connectivity index (χ0) is 17.2. The average Bonchev–Trinajstić information content (AvgIpc) is 2.95. The van der Waals surface area contributed by atoms with Crippen LogP contribution in [-0.2, 0) is 11.2 Å². The second kappa shape index (κ2) is 6.45. The lowest BCUT2D eigenvalue weighted by Gasteiger charge is -2.16. The van der Waals surface area contributed by atoms with Gasteiger partial charge in [-0.15, -0.1) is 0 Å². The molecule has 1 aliphatic carbocycles. The van der Waals surface area contributed by atoms with E-state index in [-0.39, 0.29) is 11.9 Å². The van der Waals surface area contributed by atoms with Crippen molar-refractivity contribution in [2.45, 2.75) is 18.6 Å². The maximum atomic E-state index is 12.2. The number of carbonyl (C=O) groups excluding carboxylic acids is 1. The number of aliphatic hydroxyl groups excluding tert-OH is 1. The van der Waals surface area contributed by atoms with Crippen LogP contribution in [0.3, 0.4) is 0 Å². The summed E-state index contributed by atoms with van der Waals surface area (Å²) in [6.45, 7) is 0. The van der Waals surface area contributed by atoms with Crippen molar-refractivity contribution in [3.63, 3.8) is 0 Å². The van der Waals surface area contributed by atoms with Crippen LogP contribution in [0.15, 0.2) is 60.8 Å². The summed E-state index contributed by atoms with van der Waals surface area (Å²) >= 11 is 0. The summed E-state index contributed by atoms with van der Waals surface area (Å²) < 4.78 is 0. The molecule has 0 unspecified atom stereocenters. The molecule has 1 aliphatic rings. The van der Waals surface area contributed by atoms with E-state index in [9.17, 15) is 9.90 Å². The van der Waals surface area contributed by atoms with E-state index < -0.39 is 6.10 Å². The summed E-state index contributed by atoms with van der Waals surface area (Å²) in [5, 5.41) is 13.1. The zero-order valence-electron chi connectivity index (χ0n) is 13.5. The standard InChI is InChI=1S/C20H17N3O2/c24-18-11-13-5-1-2-6-15(13)20(18)23-19(25)10-9-14-12-21-16-7-3-4-8-17(16)22-14/h1-10,12,18,20,24H,11H2,(H,23,25)/b10-9+/t18-,20+/m0/s1. The minimum Gasteiger partial charge on any atom is -0.390 e. The van der Waals surface area contributed by atoms with Crippen molar-refractivity contribution in [1.29, 1.82) is 0 Å². The average molecular weight is 331 g/mol. The molecule has 2 atom stereocenters. The number of nitrogens with zero attached hydrogens (tertiary/aromatic N) is 2. The van der Waals surface area contributed by atoms with Gasteiger partial charge in [0.15, 0.2) is 0 Å². The van der Waals surface area contributed by atoms with Crippen molar-refractivity contribution in [2.24, 2.45) is 0 Å². The van der Waals surface area contributed by atoms with E-state index in [2.05, 4.69) is 15.3 Å². The second-order valence-electron chi connectivity index (χ2n) is 6.07. The van der Waals surface area contributed by atoms with Crippen molar-refractivity contribution < 1.29 is 9.90 Å². The van der Waals surface area contributed by atoms with Crippen molar-refractivity contribution in [3.05, 3.63) is 77.6 Å². The molecular weight excluding hydrogens is 314 g/mol. The quantitative estimate of drug-likeness (QED) is 0.723. The molecular formula is C20H17N3O2. The summed E-state index contributed by atoms with van der Waals surface area (Å²) in [6.07, 6.45) is 4.64. The van der Waals surface area contributed by atoms with Crippen molar-refractivity contribution in [2.75, 3.05) is 0 Å². The van der Waals surface area contributed by atoms with Gasteiger partial charge >= 0.3 is 0 Å². The van der Waals surface area contributed by atoms with Crippen LogP contribution in [0.2, 0.25) is 0 Å². The minimum absolute atomic E-state index is 0.268. The molecule has 0 saturated heterocycles. The molecule has 0 aliphatic heterocycles. The van der Waals surface area contributed by atoms with E-state index in [1.807, 2.05) is 48.5 Å². The Labute approximate surface area is 145 Å². The third-order valence-electron chi connectivity index (χ3n) is 4.37. The number of amides is 1. The molecule has 5 heteroatoms. The molecule has 2 N–H and O–H groups in total. The Bertz CT molecular complexity index is 968. The topological polar surface area (TPSA) is 75.1 Å². The molecule has 25 heavy (non-hydrogen) atoms. The molecule has 5 nitrogen and oxygen atoms in total. The fourth-order valence-electron chi connectivity index (χ4n) is 3.16. The Morgan fingerprint density at radius 1 is 1.12 bits per heavy atom. The summed E-state index contributed by atoms with van der Waals surface area (Å²) in [5.41, 5.74) is 4.26. The van der Waals surface area contributed by atoms with Gasteiger partial charge in [-0.2, -0.15) is 0 Å². The maximum Gasteiger partial charge on any atom is 0.244 e. The lowest BCUT2D eigenvalue weighted by Crippen LogP contribution is -2.32. The molecule has 1 aromatic heterocycles. The van der Waals surface area contributed by atoms with E-state index in [0.717, 1.165) is 22.2 Å². The Balaban J connectivity index is 1.49. The van der Waals surface area contributed by atoms with Gasteiger partial charge in [-0.25, -0.2) is 4.98 Å². The first kappa shape index (κ1) is 15.5. The molecule has 0 radical (unpaired) electrons. The third kappa shape index (κ3) is 3.14. The maximum absolute atomic E-state index is 12.2. The fourth-order valence-corrected chi connectivity index (χ4v) is 3.16. The van der Waals surface area contributed by atoms with Gasteiger partial charge in [0.2, 0.25) is 5.91 Å². The largest absolute Gasteiger partial charge is 0.390 e. The Kier molecular flexibility index (Phi) is 3.99. The molecule has 0 fully saturated rings. The Hall–Kier alpha value is -3.05. The number of rotatable bonds is 3. The first-order valence-corrected chi connectivity index (χ1v) is 8.17. The van der Waals surface area contributed by atoms with Gasteiger partial charge in [0.25, 0.3) is 0 Å². The van der Waals surface area contributed by atoms with Gasteiger partial charge in [0.05, 0.1) is 35.1 Å². The molecule has 1 heterocycles. The molecule has 4 rings (SSSR count). The van der Waals surface area contributed by atoms with Crippen LogP contribution < -0.4 is 5.32 Å². The van der Waals surface area contributed by atoms with Crippen LogP contribution in [0, 0.1) is 0 Å². The van der Waals surface area contributed by atoms with Gasteiger partial charge in [-0.3, -0.25) is 9.78 Å². The number of carbonyl (C=O) groups is 1. The van der Waals surface area contributed by atoms with Gasteiger partial charge in [-0.1, -0.05) is 36.4 Å². The van der Waals surface area contributed by atoms with Crippen LogP contribution in [-0.4, -0.2) is 27.1 Å². The van der Waals surface area contributed by atoms with Gasteiger partial charge in [0.1, 0.15) is 0 Å². The monoisotopic (exact) mass is 331 g/mol. The van der Waals surface area contributed by atoms with E-state index in [1.54, 1.807) is 12.3 Å². The highest BCUT2D eigenvalue weighted by atomic mass is 16.3. The zero-order valence-corrected chi connectivity index (χ0v) is 13.5. The van der Waals surface area contributed by atoms with Crippen LogP contribution >= 0.6 is 0 Å². The lowest BCUT2D eigenvalue weighted by atomic mass is 10.1. The van der Waals surface area contributed by atoms with Gasteiger partial charge < -0.3 is 10.4 Å². The van der Waals surface area contributed by atoms with Crippen LogP contribution in [0.4, 0.5) is 0 Å². The second-order valence-corrected chi connectivity index (χ2v) is 6.07. The van der Waals surface area contributed by atoms with E-state index in [1.165, 1.54) is 6.08 Å². The number of hydrogen-bond donors (Lipinski definition) is 2. The molecule has 0 saturated carbocycles. The van der Waals surface area contributed by atoms with Crippen molar-refractivity contribution in [3.8, 4) is 0 Å². The number of para-hydroxylation sites is 2. The highest BCUT2D eigenvalue weighted by Crippen LogP contribution is 2.31. The summed E-state index contributed by atoms with van der Waals surface area (Å²) in [7, 11) is 0. The summed E-state index contributed by atoms with van der Waals surface area (Å²) in [5.74, 6) is -0.268. The van der Waals surface area contributed by atoms with E-state index >= 15 is 0 Å². The molecule has 2 aromatic carbocycles. The predicted octanol–water partition coefficient (Wildman–Crippen LogP) is 2.42. The normalized spacial score (nSPS) is 19.2. The van der Waals surface area contributed by atoms with Crippen molar-refractivity contribution >= 4 is 23.0 Å². The first-order valence-electron chi connectivity index (χ1n) is 8.17. The van der Waals surface area contributed by atoms with E-state index in [4.69, 9.17) is 0 Å². The van der Waals surface area contributed by atoms with Gasteiger partial charge in [-0.05, 0) is 29.3 Å². The summed E-state index contributed by atoms with van der Waals surface area (Å²) in [4.78, 5) is 21.0. The fraction of sp³-hybridized carbons (Fsp3) is 0.150.